The molecule has 0 amide bonds. The third kappa shape index (κ3) is 4.27. The SMILES string of the molecule is c1cc2c3c(c1)B1c4ccc(-n5c6ccccc6c6ccccc65)cc4Oc4cc5c6c(c41)N3c1c(cc3oc4ccccc4c3c1S2)B6c1ccc(-n2c3ccccc3c3ccccc32)cc1O5. The van der Waals surface area contributed by atoms with Crippen molar-refractivity contribution in [1.29, 1.82) is 0 Å². The third-order valence-electron chi connectivity index (χ3n) is 15.8. The maximum atomic E-state index is 7.36. The van der Waals surface area contributed by atoms with E-state index in [1.807, 2.05) is 11.8 Å². The molecule has 0 saturated carbocycles. The van der Waals surface area contributed by atoms with Crippen molar-refractivity contribution < 1.29 is 13.9 Å². The predicted molar refractivity (Wildman–Crippen MR) is 284 cm³/mol. The fourth-order valence-electron chi connectivity index (χ4n) is 13.1. The Morgan fingerprint density at radius 2 is 0.899 bits per heavy atom. The molecule has 5 aliphatic rings. The van der Waals surface area contributed by atoms with Crippen LogP contribution in [-0.2, 0) is 0 Å². The minimum absolute atomic E-state index is 0.0654. The molecule has 6 nitrogen and oxygen atoms in total. The number of rotatable bonds is 2. The highest BCUT2D eigenvalue weighted by Gasteiger charge is 2.53. The van der Waals surface area contributed by atoms with Crippen molar-refractivity contribution in [2.75, 3.05) is 4.90 Å². The lowest BCUT2D eigenvalue weighted by Crippen LogP contribution is -2.67. The van der Waals surface area contributed by atoms with Gasteiger partial charge in [-0.05, 0) is 87.4 Å². The first kappa shape index (κ1) is 35.6. The second kappa shape index (κ2) is 12.3. The van der Waals surface area contributed by atoms with Crippen molar-refractivity contribution in [2.24, 2.45) is 0 Å². The van der Waals surface area contributed by atoms with Gasteiger partial charge in [-0.25, -0.2) is 0 Å². The zero-order chi connectivity index (χ0) is 44.4. The lowest BCUT2D eigenvalue weighted by molar-refractivity contribution is 0.465. The molecule has 10 aromatic carbocycles. The van der Waals surface area contributed by atoms with E-state index in [9.17, 15) is 0 Å². The Balaban J connectivity index is 0.916. The minimum Gasteiger partial charge on any atom is -0.458 e. The molecule has 0 saturated heterocycles. The summed E-state index contributed by atoms with van der Waals surface area (Å²) in [6.45, 7) is -0.199. The molecule has 0 aliphatic carbocycles. The first-order chi connectivity index (χ1) is 34.2. The van der Waals surface area contributed by atoms with Crippen LogP contribution in [0, 0.1) is 0 Å². The number of anilines is 3. The number of nitrogens with zero attached hydrogens (tertiary/aromatic N) is 3. The summed E-state index contributed by atoms with van der Waals surface area (Å²) < 4.78 is 26.3. The summed E-state index contributed by atoms with van der Waals surface area (Å²) in [5.74, 6) is 3.35. The van der Waals surface area contributed by atoms with Gasteiger partial charge >= 0.3 is 0 Å². The molecule has 0 radical (unpaired) electrons. The Kier molecular flexibility index (Phi) is 6.37. The summed E-state index contributed by atoms with van der Waals surface area (Å²) in [4.78, 5) is 5.04. The Morgan fingerprint density at radius 3 is 1.48 bits per heavy atom. The number of benzene rings is 10. The lowest BCUT2D eigenvalue weighted by Gasteiger charge is -2.49. The molecule has 8 heterocycles. The van der Waals surface area contributed by atoms with Crippen LogP contribution in [0.25, 0.3) is 76.9 Å². The van der Waals surface area contributed by atoms with Gasteiger partial charge in [-0.2, -0.15) is 0 Å². The van der Waals surface area contributed by atoms with Crippen LogP contribution in [0.2, 0.25) is 0 Å². The van der Waals surface area contributed by atoms with Crippen LogP contribution in [0.5, 0.6) is 23.0 Å². The van der Waals surface area contributed by atoms with E-state index in [1.165, 1.54) is 86.7 Å². The first-order valence-electron chi connectivity index (χ1n) is 23.6. The number of ether oxygens (including phenoxy) is 2. The molecule has 5 aliphatic heterocycles. The molecule has 18 rings (SSSR count). The fourth-order valence-corrected chi connectivity index (χ4v) is 14.4. The molecule has 3 aromatic heterocycles. The number of hydrogen-bond acceptors (Lipinski definition) is 5. The highest BCUT2D eigenvalue weighted by atomic mass is 32.2. The van der Waals surface area contributed by atoms with Gasteiger partial charge in [0.05, 0.1) is 33.4 Å². The van der Waals surface area contributed by atoms with Gasteiger partial charge in [0.2, 0.25) is 0 Å². The molecule has 0 bridgehead atoms. The van der Waals surface area contributed by atoms with Gasteiger partial charge in [0, 0.05) is 77.4 Å². The molecule has 0 atom stereocenters. The zero-order valence-electron chi connectivity index (χ0n) is 36.5. The maximum Gasteiger partial charge on any atom is 0.256 e. The monoisotopic (exact) mass is 895 g/mol. The van der Waals surface area contributed by atoms with Crippen molar-refractivity contribution in [2.45, 2.75) is 9.79 Å². The summed E-state index contributed by atoms with van der Waals surface area (Å²) in [7, 11) is 0. The predicted octanol–water partition coefficient (Wildman–Crippen LogP) is 11.6. The fraction of sp³-hybridized carbons (Fsp3) is 0. The van der Waals surface area contributed by atoms with Crippen molar-refractivity contribution >= 4 is 141 Å². The van der Waals surface area contributed by atoms with Gasteiger partial charge in [-0.1, -0.05) is 127 Å². The molecule has 9 heteroatoms. The number of para-hydroxylation sites is 6. The van der Waals surface area contributed by atoms with Crippen LogP contribution in [-0.4, -0.2) is 22.6 Å². The molecule has 0 N–H and O–H groups in total. The summed E-state index contributed by atoms with van der Waals surface area (Å²) in [5.41, 5.74) is 19.4. The highest BCUT2D eigenvalue weighted by Crippen LogP contribution is 2.57. The maximum absolute atomic E-state index is 7.36. The van der Waals surface area contributed by atoms with E-state index in [0.717, 1.165) is 72.8 Å². The molecule has 0 unspecified atom stereocenters. The van der Waals surface area contributed by atoms with Crippen molar-refractivity contribution in [1.82, 2.24) is 9.13 Å². The van der Waals surface area contributed by atoms with Crippen molar-refractivity contribution in [3.63, 3.8) is 0 Å². The van der Waals surface area contributed by atoms with Crippen LogP contribution in [0.4, 0.5) is 17.1 Å². The Bertz CT molecular complexity index is 4480. The molecular formula is C60H31B2N3O3S. The van der Waals surface area contributed by atoms with Crippen LogP contribution in [0.3, 0.4) is 0 Å². The van der Waals surface area contributed by atoms with Crippen LogP contribution >= 0.6 is 11.8 Å². The van der Waals surface area contributed by atoms with E-state index >= 15 is 0 Å². The smallest absolute Gasteiger partial charge is 0.256 e. The summed E-state index contributed by atoms with van der Waals surface area (Å²) in [5, 5.41) is 7.22. The van der Waals surface area contributed by atoms with Crippen molar-refractivity contribution in [3.05, 3.63) is 188 Å². The number of hydrogen-bond donors (Lipinski definition) is 0. The number of aromatic nitrogens is 2. The molecule has 13 aromatic rings. The van der Waals surface area contributed by atoms with Crippen LogP contribution in [0.1, 0.15) is 0 Å². The minimum atomic E-state index is -0.133. The molecule has 0 fully saturated rings. The second-order valence-corrected chi connectivity index (χ2v) is 20.1. The Hall–Kier alpha value is -8.52. The normalized spacial score (nSPS) is 14.2. The summed E-state index contributed by atoms with van der Waals surface area (Å²) in [6.07, 6.45) is 0. The van der Waals surface area contributed by atoms with Gasteiger partial charge in [-0.3, -0.25) is 0 Å². The highest BCUT2D eigenvalue weighted by molar-refractivity contribution is 8.00. The van der Waals surface area contributed by atoms with E-state index in [-0.39, 0.29) is 13.4 Å². The van der Waals surface area contributed by atoms with E-state index in [2.05, 4.69) is 202 Å². The topological polar surface area (TPSA) is 44.7 Å². The Labute approximate surface area is 398 Å². The number of furan rings is 1. The van der Waals surface area contributed by atoms with E-state index in [1.54, 1.807) is 0 Å². The number of fused-ring (bicyclic) bond motifs is 16. The largest absolute Gasteiger partial charge is 0.458 e. The molecule has 0 spiro atoms. The van der Waals surface area contributed by atoms with Gasteiger partial charge in [0.1, 0.15) is 34.2 Å². The van der Waals surface area contributed by atoms with Crippen molar-refractivity contribution in [3.8, 4) is 34.4 Å². The van der Waals surface area contributed by atoms with Crippen LogP contribution < -0.4 is 47.2 Å². The van der Waals surface area contributed by atoms with Crippen LogP contribution in [0.15, 0.2) is 202 Å². The van der Waals surface area contributed by atoms with E-state index in [0.29, 0.717) is 0 Å². The average Bonchev–Trinajstić information content (AvgIpc) is 4.06. The van der Waals surface area contributed by atoms with E-state index in [4.69, 9.17) is 13.9 Å². The third-order valence-corrected chi connectivity index (χ3v) is 16.9. The quantitative estimate of drug-likeness (QED) is 0.162. The summed E-state index contributed by atoms with van der Waals surface area (Å²) in [6, 6.07) is 68.4. The van der Waals surface area contributed by atoms with Gasteiger partial charge in [0.25, 0.3) is 13.4 Å². The van der Waals surface area contributed by atoms with Gasteiger partial charge < -0.3 is 27.9 Å². The standard InChI is InChI=1S/C60H31B2N3O3S/c1-6-18-43-34(12-1)35-13-2-7-19-44(35)63(43)32-24-26-39-48(28-32)67-51-31-52-56-59-55(51)61(39)41-17-11-23-53-57(41)65(59)58-42(30-50-54(60(58)69-53)38-16-5-10-22-47(38)66-50)62(56)40-27-25-33(29-49(40)68-52)64-45-20-8-3-14-36(45)37-15-4-9-21-46(37)64/h1-31H. The molecular weight excluding hydrogens is 864 g/mol. The average molecular weight is 896 g/mol. The molecule has 316 valence electrons. The van der Waals surface area contributed by atoms with E-state index < -0.39 is 0 Å². The zero-order valence-corrected chi connectivity index (χ0v) is 37.3. The molecule has 69 heavy (non-hydrogen) atoms. The Morgan fingerprint density at radius 1 is 0.377 bits per heavy atom. The van der Waals surface area contributed by atoms with Gasteiger partial charge in [0.15, 0.2) is 0 Å². The first-order valence-corrected chi connectivity index (χ1v) is 24.5. The summed E-state index contributed by atoms with van der Waals surface area (Å²) >= 11 is 1.88. The second-order valence-electron chi connectivity index (χ2n) is 19.0. The lowest BCUT2D eigenvalue weighted by atomic mass is 9.29. The van der Waals surface area contributed by atoms with Gasteiger partial charge in [-0.15, -0.1) is 0 Å².